The summed E-state index contributed by atoms with van der Waals surface area (Å²) < 4.78 is 25.9. The van der Waals surface area contributed by atoms with E-state index in [1.165, 1.54) is 0 Å². The normalized spacial score (nSPS) is 12.4. The summed E-state index contributed by atoms with van der Waals surface area (Å²) >= 11 is 0. The lowest BCUT2D eigenvalue weighted by Gasteiger charge is -2.17. The van der Waals surface area contributed by atoms with Crippen LogP contribution < -0.4 is 0 Å². The van der Waals surface area contributed by atoms with Crippen LogP contribution in [0.1, 0.15) is 0 Å². The van der Waals surface area contributed by atoms with E-state index in [0.717, 1.165) is 121 Å². The Labute approximate surface area is 283 Å². The van der Waals surface area contributed by atoms with Gasteiger partial charge in [0.15, 0.2) is 0 Å². The zero-order valence-corrected chi connectivity index (χ0v) is 26.5. The molecule has 232 valence electrons. The molecule has 0 aliphatic heterocycles. The zero-order valence-electron chi connectivity index (χ0n) is 26.5. The van der Waals surface area contributed by atoms with Gasteiger partial charge in [-0.2, -0.15) is 0 Å². The van der Waals surface area contributed by atoms with E-state index in [4.69, 9.17) is 17.7 Å². The van der Waals surface area contributed by atoms with Crippen LogP contribution in [0, 0.1) is 0 Å². The molecule has 0 radical (unpaired) electrons. The molecule has 0 N–H and O–H groups in total. The Morgan fingerprint density at radius 3 is 1.36 bits per heavy atom. The molecule has 0 aliphatic rings. The first-order chi connectivity index (χ1) is 24.8. The van der Waals surface area contributed by atoms with Crippen LogP contribution >= 0.6 is 0 Å². The van der Waals surface area contributed by atoms with Gasteiger partial charge in [-0.1, -0.05) is 97.1 Å². The minimum Gasteiger partial charge on any atom is -0.456 e. The highest BCUT2D eigenvalue weighted by Gasteiger charge is 2.24. The van der Waals surface area contributed by atoms with E-state index >= 15 is 0 Å². The maximum Gasteiger partial charge on any atom is 0.136 e. The predicted octanol–water partition coefficient (Wildman–Crippen LogP) is 13.8. The maximum absolute atomic E-state index is 6.77. The fourth-order valence-electron chi connectivity index (χ4n) is 8.47. The fourth-order valence-corrected chi connectivity index (χ4v) is 8.47. The average molecular weight is 641 g/mol. The smallest absolute Gasteiger partial charge is 0.136 e. The van der Waals surface area contributed by atoms with Gasteiger partial charge >= 0.3 is 0 Å². The molecule has 0 fully saturated rings. The maximum atomic E-state index is 6.77. The second kappa shape index (κ2) is 9.43. The van der Waals surface area contributed by atoms with Crippen LogP contribution in [0.3, 0.4) is 0 Å². The highest BCUT2D eigenvalue weighted by Crippen LogP contribution is 2.49. The summed E-state index contributed by atoms with van der Waals surface area (Å²) in [6.07, 6.45) is 0. The van der Waals surface area contributed by atoms with E-state index in [2.05, 4.69) is 97.1 Å². The molecule has 4 nitrogen and oxygen atoms in total. The third-order valence-electron chi connectivity index (χ3n) is 10.5. The van der Waals surface area contributed by atoms with Gasteiger partial charge in [0.05, 0.1) is 0 Å². The van der Waals surface area contributed by atoms with Crippen LogP contribution in [0.25, 0.3) is 121 Å². The molecule has 0 aliphatic carbocycles. The van der Waals surface area contributed by atoms with Gasteiger partial charge in [0.25, 0.3) is 0 Å². The van der Waals surface area contributed by atoms with Crippen LogP contribution in [-0.4, -0.2) is 0 Å². The van der Waals surface area contributed by atoms with Crippen molar-refractivity contribution in [3.05, 3.63) is 146 Å². The summed E-state index contributed by atoms with van der Waals surface area (Å²) in [5, 5.41) is 12.1. The van der Waals surface area contributed by atoms with Crippen molar-refractivity contribution < 1.29 is 17.7 Å². The van der Waals surface area contributed by atoms with Gasteiger partial charge in [-0.15, -0.1) is 0 Å². The van der Waals surface area contributed by atoms with Crippen molar-refractivity contribution in [1.29, 1.82) is 0 Å². The topological polar surface area (TPSA) is 52.6 Å². The fraction of sp³-hybridized carbons (Fsp3) is 0. The van der Waals surface area contributed by atoms with Crippen molar-refractivity contribution in [3.8, 4) is 22.5 Å². The number of rotatable bonds is 2. The molecule has 0 saturated heterocycles. The van der Waals surface area contributed by atoms with Crippen molar-refractivity contribution in [3.63, 3.8) is 0 Å². The highest BCUT2D eigenvalue weighted by atomic mass is 16.3. The van der Waals surface area contributed by atoms with E-state index in [1.807, 2.05) is 48.5 Å². The molecule has 0 atom stereocenters. The first kappa shape index (κ1) is 26.2. The van der Waals surface area contributed by atoms with Crippen LogP contribution in [0.4, 0.5) is 0 Å². The van der Waals surface area contributed by atoms with Crippen LogP contribution in [0.5, 0.6) is 0 Å². The molecule has 4 heterocycles. The summed E-state index contributed by atoms with van der Waals surface area (Å²) in [6.45, 7) is 0. The standard InChI is InChI=1S/C46H24O4/c1-3-12-27-25(10-1)41(31-16-9-19-36-45(31)46-39(50-36)23-22-38-44(46)30-15-6-8-18-34(30)48-38)26-11-2-4-13-28(26)42(27)40-24-32-35(49-40)20-21-37-43(32)29-14-5-7-17-33(29)47-37/h1-24H. The van der Waals surface area contributed by atoms with Crippen molar-refractivity contribution in [2.45, 2.75) is 0 Å². The first-order valence-corrected chi connectivity index (χ1v) is 16.8. The van der Waals surface area contributed by atoms with Gasteiger partial charge in [-0.3, -0.25) is 0 Å². The Kier molecular flexibility index (Phi) is 4.94. The molecular formula is C46H24O4. The minimum absolute atomic E-state index is 0.829. The van der Waals surface area contributed by atoms with E-state index in [1.54, 1.807) is 0 Å². The van der Waals surface area contributed by atoms with E-state index in [-0.39, 0.29) is 0 Å². The Morgan fingerprint density at radius 2 is 0.700 bits per heavy atom. The number of fused-ring (bicyclic) bond motifs is 14. The van der Waals surface area contributed by atoms with E-state index < -0.39 is 0 Å². The number of para-hydroxylation sites is 2. The summed E-state index contributed by atoms with van der Waals surface area (Å²) in [6, 6.07) is 50.5. The lowest BCUT2D eigenvalue weighted by Crippen LogP contribution is -1.90. The monoisotopic (exact) mass is 640 g/mol. The van der Waals surface area contributed by atoms with Crippen LogP contribution in [0.2, 0.25) is 0 Å². The number of benzene rings is 8. The summed E-state index contributed by atoms with van der Waals surface area (Å²) in [5.74, 6) is 0.829. The molecule has 8 aromatic carbocycles. The number of furan rings is 4. The van der Waals surface area contributed by atoms with E-state index in [9.17, 15) is 0 Å². The predicted molar refractivity (Wildman–Crippen MR) is 204 cm³/mol. The SMILES string of the molecule is c1ccc2c(c1)oc1ccc3oc(-c4c5ccccc5c(-c5cccc6oc7ccc8oc9ccccc9c8c7c56)c5ccccc45)cc3c12. The first-order valence-electron chi connectivity index (χ1n) is 16.8. The van der Waals surface area contributed by atoms with E-state index in [0.29, 0.717) is 0 Å². The largest absolute Gasteiger partial charge is 0.456 e. The molecule has 50 heavy (non-hydrogen) atoms. The molecule has 0 saturated carbocycles. The number of hydrogen-bond donors (Lipinski definition) is 0. The highest BCUT2D eigenvalue weighted by molar-refractivity contribution is 6.31. The summed E-state index contributed by atoms with van der Waals surface area (Å²) in [4.78, 5) is 0. The lowest BCUT2D eigenvalue weighted by molar-refractivity contribution is 0.632. The summed E-state index contributed by atoms with van der Waals surface area (Å²) in [7, 11) is 0. The molecule has 12 rings (SSSR count). The van der Waals surface area contributed by atoms with Gasteiger partial charge < -0.3 is 17.7 Å². The van der Waals surface area contributed by atoms with Crippen LogP contribution in [0.15, 0.2) is 163 Å². The van der Waals surface area contributed by atoms with Crippen molar-refractivity contribution >= 4 is 98.3 Å². The molecular weight excluding hydrogens is 617 g/mol. The Morgan fingerprint density at radius 1 is 0.260 bits per heavy atom. The zero-order chi connectivity index (χ0) is 32.5. The second-order valence-corrected chi connectivity index (χ2v) is 13.1. The molecule has 4 aromatic heterocycles. The van der Waals surface area contributed by atoms with Gasteiger partial charge in [-0.25, -0.2) is 0 Å². The van der Waals surface area contributed by atoms with Crippen LogP contribution in [-0.2, 0) is 0 Å². The molecule has 0 spiro atoms. The Bertz CT molecular complexity index is 3330. The quantitative estimate of drug-likeness (QED) is 0.176. The summed E-state index contributed by atoms with van der Waals surface area (Å²) in [5.41, 5.74) is 9.34. The molecule has 0 amide bonds. The molecule has 4 heteroatoms. The van der Waals surface area contributed by atoms with Gasteiger partial charge in [-0.05, 0) is 81.2 Å². The third kappa shape index (κ3) is 3.34. The third-order valence-corrected chi connectivity index (χ3v) is 10.5. The lowest BCUT2D eigenvalue weighted by atomic mass is 9.86. The average Bonchev–Trinajstić information content (AvgIpc) is 3.94. The van der Waals surface area contributed by atoms with Crippen molar-refractivity contribution in [2.24, 2.45) is 0 Å². The minimum atomic E-state index is 0.829. The van der Waals surface area contributed by atoms with Gasteiger partial charge in [0.1, 0.15) is 44.8 Å². The Balaban J connectivity index is 1.21. The molecule has 0 bridgehead atoms. The second-order valence-electron chi connectivity index (χ2n) is 13.1. The number of hydrogen-bond acceptors (Lipinski definition) is 4. The van der Waals surface area contributed by atoms with Gasteiger partial charge in [0.2, 0.25) is 0 Å². The van der Waals surface area contributed by atoms with Gasteiger partial charge in [0, 0.05) is 43.3 Å². The molecule has 0 unspecified atom stereocenters. The van der Waals surface area contributed by atoms with Crippen molar-refractivity contribution in [1.82, 2.24) is 0 Å². The van der Waals surface area contributed by atoms with Crippen molar-refractivity contribution in [2.75, 3.05) is 0 Å². The Hall–Kier alpha value is -6.78. The molecule has 12 aromatic rings.